The second kappa shape index (κ2) is 6.40. The minimum atomic E-state index is -1.34. The Morgan fingerprint density at radius 3 is 1.40 bits per heavy atom. The van der Waals surface area contributed by atoms with Crippen LogP contribution in [-0.2, 0) is 10.8 Å². The van der Waals surface area contributed by atoms with Gasteiger partial charge in [-0.15, -0.1) is 0 Å². The fraction of sp³-hybridized carbons (Fsp3) is 0. The highest BCUT2D eigenvalue weighted by molar-refractivity contribution is 7.85. The van der Waals surface area contributed by atoms with Gasteiger partial charge in [0, 0.05) is 31.0 Å². The molecule has 0 aliphatic carbocycles. The largest absolute Gasteiger partial charge is 0.249 e. The molecule has 98 valence electrons. The molecule has 2 rings (SSSR count). The third-order valence-corrected chi connectivity index (χ3v) is 3.82. The summed E-state index contributed by atoms with van der Waals surface area (Å²) in [4.78, 5) is 6.54. The number of benzene rings is 2. The van der Waals surface area contributed by atoms with Crippen LogP contribution in [0.25, 0.3) is 20.9 Å². The molecule has 0 atom stereocenters. The van der Waals surface area contributed by atoms with Gasteiger partial charge < -0.3 is 0 Å². The Morgan fingerprint density at radius 1 is 0.750 bits per heavy atom. The zero-order chi connectivity index (χ0) is 14.4. The maximum absolute atomic E-state index is 12.3. The molecule has 0 radical (unpaired) electrons. The normalized spacial score (nSPS) is 11.0. The van der Waals surface area contributed by atoms with E-state index in [1.54, 1.807) is 48.5 Å². The predicted octanol–water partition coefficient (Wildman–Crippen LogP) is 4.74. The number of azide groups is 2. The van der Waals surface area contributed by atoms with Gasteiger partial charge >= 0.3 is 0 Å². The Labute approximate surface area is 116 Å². The van der Waals surface area contributed by atoms with Crippen molar-refractivity contribution in [2.45, 2.75) is 9.79 Å². The van der Waals surface area contributed by atoms with E-state index in [0.29, 0.717) is 21.2 Å². The van der Waals surface area contributed by atoms with Crippen molar-refractivity contribution in [3.63, 3.8) is 0 Å². The van der Waals surface area contributed by atoms with E-state index in [1.807, 2.05) is 0 Å². The lowest BCUT2D eigenvalue weighted by atomic mass is 10.3. The highest BCUT2D eigenvalue weighted by atomic mass is 32.2. The van der Waals surface area contributed by atoms with E-state index < -0.39 is 10.8 Å². The Bertz CT molecular complexity index is 664. The van der Waals surface area contributed by atoms with Crippen molar-refractivity contribution >= 4 is 22.2 Å². The lowest BCUT2D eigenvalue weighted by molar-refractivity contribution is 0.683. The molecule has 20 heavy (non-hydrogen) atoms. The third-order valence-electron chi connectivity index (χ3n) is 2.42. The Hall–Kier alpha value is -2.79. The maximum atomic E-state index is 12.3. The molecule has 0 heterocycles. The van der Waals surface area contributed by atoms with Gasteiger partial charge in [-0.05, 0) is 35.3 Å². The van der Waals surface area contributed by atoms with Crippen molar-refractivity contribution in [3.05, 3.63) is 69.4 Å². The van der Waals surface area contributed by atoms with Gasteiger partial charge in [-0.1, -0.05) is 34.5 Å². The number of nitrogens with zero attached hydrogens (tertiary/aromatic N) is 6. The molecule has 0 amide bonds. The van der Waals surface area contributed by atoms with Crippen LogP contribution in [0.4, 0.5) is 11.4 Å². The quantitative estimate of drug-likeness (QED) is 0.450. The fourth-order valence-corrected chi connectivity index (χ4v) is 2.55. The maximum Gasteiger partial charge on any atom is 0.0849 e. The molecule has 0 N–H and O–H groups in total. The molecular weight excluding hydrogens is 276 g/mol. The minimum absolute atomic E-state index is 0.465. The molecule has 0 spiro atoms. The summed E-state index contributed by atoms with van der Waals surface area (Å²) in [6.07, 6.45) is 0. The summed E-state index contributed by atoms with van der Waals surface area (Å²) in [6, 6.07) is 13.0. The molecule has 0 fully saturated rings. The standard InChI is InChI=1S/C12H8N6OS/c13-17-15-9-1-5-11(6-2-9)20(19)12-7-3-10(4-8-12)16-18-14/h1-8H. The van der Waals surface area contributed by atoms with E-state index >= 15 is 0 Å². The molecule has 0 aliphatic heterocycles. The van der Waals surface area contributed by atoms with Gasteiger partial charge in [-0.3, -0.25) is 0 Å². The Balaban J connectivity index is 2.26. The SMILES string of the molecule is [N-]=[N+]=Nc1ccc(S(=O)c2ccc(N=[N+]=[N-])cc2)cc1. The van der Waals surface area contributed by atoms with E-state index in [1.165, 1.54) is 0 Å². The number of hydrogen-bond donors (Lipinski definition) is 0. The second-order valence-electron chi connectivity index (χ2n) is 3.64. The summed E-state index contributed by atoms with van der Waals surface area (Å²) in [5.74, 6) is 0. The molecule has 0 saturated heterocycles. The van der Waals surface area contributed by atoms with Gasteiger partial charge in [-0.25, -0.2) is 4.21 Å². The zero-order valence-electron chi connectivity index (χ0n) is 10.1. The summed E-state index contributed by atoms with van der Waals surface area (Å²) < 4.78 is 12.3. The van der Waals surface area contributed by atoms with Gasteiger partial charge in [0.25, 0.3) is 0 Å². The van der Waals surface area contributed by atoms with E-state index in [4.69, 9.17) is 11.1 Å². The van der Waals surface area contributed by atoms with E-state index in [2.05, 4.69) is 20.1 Å². The van der Waals surface area contributed by atoms with Crippen LogP contribution in [0.15, 0.2) is 68.6 Å². The van der Waals surface area contributed by atoms with Gasteiger partial charge in [0.2, 0.25) is 0 Å². The molecule has 0 aromatic heterocycles. The van der Waals surface area contributed by atoms with Crippen LogP contribution < -0.4 is 0 Å². The first-order chi connectivity index (χ1) is 9.74. The number of hydrogen-bond acceptors (Lipinski definition) is 3. The second-order valence-corrected chi connectivity index (χ2v) is 5.12. The molecule has 2 aromatic rings. The van der Waals surface area contributed by atoms with Crippen molar-refractivity contribution in [1.29, 1.82) is 0 Å². The van der Waals surface area contributed by atoms with E-state index in [9.17, 15) is 4.21 Å². The average molecular weight is 284 g/mol. The molecule has 0 unspecified atom stereocenters. The first-order valence-corrected chi connectivity index (χ1v) is 6.61. The van der Waals surface area contributed by atoms with E-state index in [0.717, 1.165) is 0 Å². The molecule has 2 aromatic carbocycles. The first kappa shape index (κ1) is 13.6. The summed E-state index contributed by atoms with van der Waals surface area (Å²) in [7, 11) is -1.34. The monoisotopic (exact) mass is 284 g/mol. The smallest absolute Gasteiger partial charge is 0.0849 e. The van der Waals surface area contributed by atoms with Crippen molar-refractivity contribution < 1.29 is 4.21 Å². The molecule has 0 saturated carbocycles. The highest BCUT2D eigenvalue weighted by Crippen LogP contribution is 2.22. The van der Waals surface area contributed by atoms with Crippen molar-refractivity contribution in [3.8, 4) is 0 Å². The summed E-state index contributed by atoms with van der Waals surface area (Å²) in [6.45, 7) is 0. The molecule has 7 nitrogen and oxygen atoms in total. The third kappa shape index (κ3) is 3.15. The Kier molecular flexibility index (Phi) is 4.36. The van der Waals surface area contributed by atoms with Gasteiger partial charge in [-0.2, -0.15) is 0 Å². The van der Waals surface area contributed by atoms with Gasteiger partial charge in [0.15, 0.2) is 0 Å². The van der Waals surface area contributed by atoms with Crippen LogP contribution in [0.1, 0.15) is 0 Å². The molecule has 0 aliphatic rings. The minimum Gasteiger partial charge on any atom is -0.249 e. The van der Waals surface area contributed by atoms with Gasteiger partial charge in [0.05, 0.1) is 10.8 Å². The lowest BCUT2D eigenvalue weighted by Gasteiger charge is -2.03. The average Bonchev–Trinajstić information content (AvgIpc) is 2.49. The van der Waals surface area contributed by atoms with Crippen molar-refractivity contribution in [2.75, 3.05) is 0 Å². The lowest BCUT2D eigenvalue weighted by Crippen LogP contribution is -1.91. The summed E-state index contributed by atoms with van der Waals surface area (Å²) in [5.41, 5.74) is 17.5. The summed E-state index contributed by atoms with van der Waals surface area (Å²) in [5, 5.41) is 6.89. The van der Waals surface area contributed by atoms with Crippen LogP contribution in [0, 0.1) is 0 Å². The van der Waals surface area contributed by atoms with Crippen LogP contribution in [0.2, 0.25) is 0 Å². The van der Waals surface area contributed by atoms with E-state index in [-0.39, 0.29) is 0 Å². The zero-order valence-corrected chi connectivity index (χ0v) is 10.9. The molecule has 8 heteroatoms. The van der Waals surface area contributed by atoms with Crippen molar-refractivity contribution in [2.24, 2.45) is 10.2 Å². The van der Waals surface area contributed by atoms with Crippen LogP contribution in [0.3, 0.4) is 0 Å². The van der Waals surface area contributed by atoms with Crippen LogP contribution in [0.5, 0.6) is 0 Å². The topological polar surface area (TPSA) is 115 Å². The molecular formula is C12H8N6OS. The number of rotatable bonds is 4. The predicted molar refractivity (Wildman–Crippen MR) is 75.2 cm³/mol. The molecule has 0 bridgehead atoms. The van der Waals surface area contributed by atoms with Gasteiger partial charge in [0.1, 0.15) is 0 Å². The fourth-order valence-electron chi connectivity index (χ4n) is 1.51. The van der Waals surface area contributed by atoms with Crippen molar-refractivity contribution in [1.82, 2.24) is 0 Å². The van der Waals surface area contributed by atoms with Crippen LogP contribution in [-0.4, -0.2) is 4.21 Å². The highest BCUT2D eigenvalue weighted by Gasteiger charge is 2.06. The van der Waals surface area contributed by atoms with Crippen LogP contribution >= 0.6 is 0 Å². The Morgan fingerprint density at radius 2 is 1.10 bits per heavy atom. The summed E-state index contributed by atoms with van der Waals surface area (Å²) >= 11 is 0. The first-order valence-electron chi connectivity index (χ1n) is 5.46.